The van der Waals surface area contributed by atoms with Gasteiger partial charge in [-0.1, -0.05) is 15.9 Å². The van der Waals surface area contributed by atoms with Crippen molar-refractivity contribution in [3.8, 4) is 11.5 Å². The van der Waals surface area contributed by atoms with E-state index >= 15 is 0 Å². The first-order valence-corrected chi connectivity index (χ1v) is 7.35. The van der Waals surface area contributed by atoms with Gasteiger partial charge >= 0.3 is 0 Å². The number of aliphatic hydroxyl groups is 1. The Hall–Kier alpha value is -1.59. The lowest BCUT2D eigenvalue weighted by atomic mass is 9.94. The van der Waals surface area contributed by atoms with Gasteiger partial charge < -0.3 is 14.6 Å². The normalized spacial score (nSPS) is 20.6. The number of hydrogen-bond donors (Lipinski definition) is 1. The molecule has 0 bridgehead atoms. The molecule has 2 aromatic rings. The topological polar surface area (TPSA) is 38.7 Å². The van der Waals surface area contributed by atoms with Crippen molar-refractivity contribution in [2.75, 3.05) is 7.11 Å². The SMILES string of the molecule is COc1ccc2c(c1)OC(c1cc(Br)ccc1F)CC2O. The van der Waals surface area contributed by atoms with Crippen LogP contribution in [0, 0.1) is 5.82 Å². The molecule has 0 amide bonds. The smallest absolute Gasteiger partial charge is 0.130 e. The highest BCUT2D eigenvalue weighted by atomic mass is 79.9. The fourth-order valence-electron chi connectivity index (χ4n) is 2.50. The van der Waals surface area contributed by atoms with E-state index in [1.54, 1.807) is 37.4 Å². The summed E-state index contributed by atoms with van der Waals surface area (Å²) in [5.41, 5.74) is 1.12. The largest absolute Gasteiger partial charge is 0.497 e. The molecule has 0 fully saturated rings. The van der Waals surface area contributed by atoms with Crippen molar-refractivity contribution in [2.24, 2.45) is 0 Å². The summed E-state index contributed by atoms with van der Waals surface area (Å²) in [5.74, 6) is 0.815. The second-order valence-corrected chi connectivity index (χ2v) is 5.84. The molecule has 0 aliphatic carbocycles. The van der Waals surface area contributed by atoms with Gasteiger partial charge in [-0.2, -0.15) is 0 Å². The van der Waals surface area contributed by atoms with Crippen molar-refractivity contribution < 1.29 is 19.0 Å². The number of methoxy groups -OCH3 is 1. The minimum Gasteiger partial charge on any atom is -0.497 e. The highest BCUT2D eigenvalue weighted by Gasteiger charge is 2.30. The molecule has 0 spiro atoms. The average Bonchev–Trinajstić information content (AvgIpc) is 2.49. The Labute approximate surface area is 130 Å². The maximum atomic E-state index is 14.0. The van der Waals surface area contributed by atoms with Crippen molar-refractivity contribution in [1.82, 2.24) is 0 Å². The van der Waals surface area contributed by atoms with E-state index in [0.29, 0.717) is 29.0 Å². The summed E-state index contributed by atoms with van der Waals surface area (Å²) < 4.78 is 25.8. The second kappa shape index (κ2) is 5.66. The van der Waals surface area contributed by atoms with E-state index in [9.17, 15) is 9.50 Å². The van der Waals surface area contributed by atoms with E-state index in [1.807, 2.05) is 0 Å². The molecule has 5 heteroatoms. The number of aliphatic hydroxyl groups excluding tert-OH is 1. The molecular formula is C16H14BrFO3. The molecule has 3 nitrogen and oxygen atoms in total. The number of fused-ring (bicyclic) bond motifs is 1. The van der Waals surface area contributed by atoms with Gasteiger partial charge in [-0.25, -0.2) is 4.39 Å². The molecule has 2 aromatic carbocycles. The van der Waals surface area contributed by atoms with Gasteiger partial charge in [0, 0.05) is 28.1 Å². The van der Waals surface area contributed by atoms with Crippen LogP contribution in [-0.2, 0) is 0 Å². The average molecular weight is 353 g/mol. The molecule has 3 rings (SSSR count). The second-order valence-electron chi connectivity index (χ2n) is 4.93. The van der Waals surface area contributed by atoms with Crippen molar-refractivity contribution >= 4 is 15.9 Å². The predicted molar refractivity (Wildman–Crippen MR) is 80.0 cm³/mol. The van der Waals surface area contributed by atoms with Gasteiger partial charge in [0.2, 0.25) is 0 Å². The molecule has 21 heavy (non-hydrogen) atoms. The zero-order valence-electron chi connectivity index (χ0n) is 11.3. The number of hydrogen-bond acceptors (Lipinski definition) is 3. The van der Waals surface area contributed by atoms with E-state index in [1.165, 1.54) is 6.07 Å². The van der Waals surface area contributed by atoms with Gasteiger partial charge in [-0.15, -0.1) is 0 Å². The summed E-state index contributed by atoms with van der Waals surface area (Å²) in [4.78, 5) is 0. The zero-order valence-corrected chi connectivity index (χ0v) is 12.9. The third kappa shape index (κ3) is 2.76. The molecule has 2 atom stereocenters. The summed E-state index contributed by atoms with van der Waals surface area (Å²) in [5, 5.41) is 10.3. The monoisotopic (exact) mass is 352 g/mol. The molecule has 1 N–H and O–H groups in total. The Bertz CT molecular complexity index is 675. The summed E-state index contributed by atoms with van der Waals surface area (Å²) in [6.07, 6.45) is -0.910. The molecule has 0 radical (unpaired) electrons. The fraction of sp³-hybridized carbons (Fsp3) is 0.250. The van der Waals surface area contributed by atoms with Gasteiger partial charge in [-0.05, 0) is 30.3 Å². The Morgan fingerprint density at radius 2 is 2.05 bits per heavy atom. The number of rotatable bonds is 2. The zero-order chi connectivity index (χ0) is 15.0. The first-order chi connectivity index (χ1) is 10.1. The molecular weight excluding hydrogens is 339 g/mol. The van der Waals surface area contributed by atoms with Gasteiger partial charge in [0.15, 0.2) is 0 Å². The number of halogens is 2. The van der Waals surface area contributed by atoms with E-state index in [2.05, 4.69) is 15.9 Å². The molecule has 1 aliphatic rings. The summed E-state index contributed by atoms with van der Waals surface area (Å²) in [7, 11) is 1.56. The third-order valence-electron chi connectivity index (χ3n) is 3.59. The van der Waals surface area contributed by atoms with Crippen LogP contribution in [-0.4, -0.2) is 12.2 Å². The lowest BCUT2D eigenvalue weighted by Gasteiger charge is -2.30. The van der Waals surface area contributed by atoms with Crippen molar-refractivity contribution in [3.05, 3.63) is 57.8 Å². The number of benzene rings is 2. The van der Waals surface area contributed by atoms with Gasteiger partial charge in [-0.3, -0.25) is 0 Å². The summed E-state index contributed by atoms with van der Waals surface area (Å²) in [6, 6.07) is 9.95. The van der Waals surface area contributed by atoms with E-state index in [0.717, 1.165) is 4.47 Å². The molecule has 0 aromatic heterocycles. The first kappa shape index (κ1) is 14.4. The van der Waals surface area contributed by atoms with Crippen LogP contribution in [0.3, 0.4) is 0 Å². The van der Waals surface area contributed by atoms with Crippen molar-refractivity contribution in [2.45, 2.75) is 18.6 Å². The molecule has 0 saturated carbocycles. The Morgan fingerprint density at radius 1 is 1.24 bits per heavy atom. The molecule has 1 heterocycles. The van der Waals surface area contributed by atoms with Gasteiger partial charge in [0.05, 0.1) is 13.2 Å². The van der Waals surface area contributed by atoms with Crippen molar-refractivity contribution in [1.29, 1.82) is 0 Å². The minimum atomic E-state index is -0.692. The van der Waals surface area contributed by atoms with Crippen LogP contribution in [0.15, 0.2) is 40.9 Å². The van der Waals surface area contributed by atoms with E-state index in [-0.39, 0.29) is 5.82 Å². The Balaban J connectivity index is 1.98. The Kier molecular flexibility index (Phi) is 3.87. The first-order valence-electron chi connectivity index (χ1n) is 6.56. The highest BCUT2D eigenvalue weighted by Crippen LogP contribution is 2.43. The molecule has 0 saturated heterocycles. The van der Waals surface area contributed by atoms with Crippen LogP contribution in [0.5, 0.6) is 11.5 Å². The Morgan fingerprint density at radius 3 is 2.81 bits per heavy atom. The van der Waals surface area contributed by atoms with Crippen molar-refractivity contribution in [3.63, 3.8) is 0 Å². The maximum Gasteiger partial charge on any atom is 0.130 e. The predicted octanol–water partition coefficient (Wildman–Crippen LogP) is 4.15. The van der Waals surface area contributed by atoms with Gasteiger partial charge in [0.1, 0.15) is 23.4 Å². The van der Waals surface area contributed by atoms with E-state index in [4.69, 9.17) is 9.47 Å². The van der Waals surface area contributed by atoms with Crippen LogP contribution in [0.4, 0.5) is 4.39 Å². The third-order valence-corrected chi connectivity index (χ3v) is 4.08. The van der Waals surface area contributed by atoms with Gasteiger partial charge in [0.25, 0.3) is 0 Å². The molecule has 110 valence electrons. The quantitative estimate of drug-likeness (QED) is 0.882. The standard InChI is InChI=1S/C16H14BrFO3/c1-20-10-3-4-11-14(19)8-16(21-15(11)7-10)12-6-9(17)2-5-13(12)18/h2-7,14,16,19H,8H2,1H3. The van der Waals surface area contributed by atoms with Crippen LogP contribution < -0.4 is 9.47 Å². The number of ether oxygens (including phenoxy) is 2. The van der Waals surface area contributed by atoms with Crippen LogP contribution in [0.2, 0.25) is 0 Å². The molecule has 2 unspecified atom stereocenters. The van der Waals surface area contributed by atoms with Crippen LogP contribution >= 0.6 is 15.9 Å². The summed E-state index contributed by atoms with van der Waals surface area (Å²) >= 11 is 3.33. The fourth-order valence-corrected chi connectivity index (χ4v) is 2.88. The lowest BCUT2D eigenvalue weighted by molar-refractivity contribution is 0.0637. The highest BCUT2D eigenvalue weighted by molar-refractivity contribution is 9.10. The molecule has 1 aliphatic heterocycles. The van der Waals surface area contributed by atoms with Crippen LogP contribution in [0.1, 0.15) is 29.8 Å². The summed E-state index contributed by atoms with van der Waals surface area (Å²) in [6.45, 7) is 0. The maximum absolute atomic E-state index is 14.0. The lowest BCUT2D eigenvalue weighted by Crippen LogP contribution is -2.20. The minimum absolute atomic E-state index is 0.312. The van der Waals surface area contributed by atoms with Crippen LogP contribution in [0.25, 0.3) is 0 Å². The van der Waals surface area contributed by atoms with E-state index < -0.39 is 12.2 Å².